The zero-order valence-corrected chi connectivity index (χ0v) is 22.9. The van der Waals surface area contributed by atoms with E-state index in [2.05, 4.69) is 38.8 Å². The number of hydrogen-bond donors (Lipinski definition) is 0. The zero-order chi connectivity index (χ0) is 25.5. The molecular formula is C27H37BrN2O4. The zero-order valence-electron chi connectivity index (χ0n) is 21.4. The van der Waals surface area contributed by atoms with E-state index in [0.29, 0.717) is 11.1 Å². The molecule has 34 heavy (non-hydrogen) atoms. The van der Waals surface area contributed by atoms with Crippen molar-refractivity contribution in [2.24, 2.45) is 0 Å². The summed E-state index contributed by atoms with van der Waals surface area (Å²) in [5.74, 6) is -0.549. The summed E-state index contributed by atoms with van der Waals surface area (Å²) in [6, 6.07) is 14.9. The number of hydrogen-bond acceptors (Lipinski definition) is 6. The minimum atomic E-state index is -0.457. The molecule has 0 radical (unpaired) electrons. The van der Waals surface area contributed by atoms with Gasteiger partial charge in [0.25, 0.3) is 0 Å². The average molecular weight is 534 g/mol. The highest BCUT2D eigenvalue weighted by Gasteiger charge is 2.20. The molecule has 0 aliphatic carbocycles. The largest absolute Gasteiger partial charge is 0.456 e. The third kappa shape index (κ3) is 9.85. The van der Waals surface area contributed by atoms with Crippen LogP contribution in [0.15, 0.2) is 53.0 Å². The number of halogens is 1. The van der Waals surface area contributed by atoms with Gasteiger partial charge in [-0.05, 0) is 85.0 Å². The number of nitrogens with zero attached hydrogens (tertiary/aromatic N) is 2. The highest BCUT2D eigenvalue weighted by molar-refractivity contribution is 9.10. The van der Waals surface area contributed by atoms with E-state index in [9.17, 15) is 9.59 Å². The van der Waals surface area contributed by atoms with Crippen LogP contribution in [0.2, 0.25) is 0 Å². The fourth-order valence-electron chi connectivity index (χ4n) is 3.18. The van der Waals surface area contributed by atoms with E-state index in [1.807, 2.05) is 71.9 Å². The fraction of sp³-hybridized carbons (Fsp3) is 0.481. The molecule has 0 aromatic heterocycles. The summed E-state index contributed by atoms with van der Waals surface area (Å²) in [6.07, 6.45) is 0. The van der Waals surface area contributed by atoms with Gasteiger partial charge in [-0.15, -0.1) is 0 Å². The van der Waals surface area contributed by atoms with Crippen molar-refractivity contribution >= 4 is 33.6 Å². The van der Waals surface area contributed by atoms with Gasteiger partial charge in [0.15, 0.2) is 0 Å². The Balaban J connectivity index is 0.000000257. The van der Waals surface area contributed by atoms with Crippen molar-refractivity contribution in [1.29, 1.82) is 0 Å². The van der Waals surface area contributed by atoms with Gasteiger partial charge in [-0.25, -0.2) is 9.59 Å². The van der Waals surface area contributed by atoms with Gasteiger partial charge >= 0.3 is 11.9 Å². The van der Waals surface area contributed by atoms with Crippen molar-refractivity contribution < 1.29 is 19.1 Å². The Bertz CT molecular complexity index is 971. The number of rotatable bonds is 3. The predicted molar refractivity (Wildman–Crippen MR) is 141 cm³/mol. The van der Waals surface area contributed by atoms with Gasteiger partial charge in [-0.1, -0.05) is 28.1 Å². The van der Waals surface area contributed by atoms with Crippen LogP contribution in [0.1, 0.15) is 62.3 Å². The normalized spacial score (nSPS) is 14.6. The lowest BCUT2D eigenvalue weighted by atomic mass is 10.1. The Hall–Kier alpha value is -2.38. The number of carbonyl (C=O) groups is 2. The van der Waals surface area contributed by atoms with Crippen LogP contribution < -0.4 is 4.90 Å². The molecule has 0 bridgehead atoms. The molecule has 7 heteroatoms. The maximum atomic E-state index is 12.1. The molecule has 1 aliphatic rings. The Morgan fingerprint density at radius 3 is 1.71 bits per heavy atom. The Morgan fingerprint density at radius 1 is 0.765 bits per heavy atom. The third-order valence-electron chi connectivity index (χ3n) is 4.81. The molecule has 2 aromatic carbocycles. The van der Waals surface area contributed by atoms with Gasteiger partial charge in [-0.2, -0.15) is 0 Å². The van der Waals surface area contributed by atoms with Crippen molar-refractivity contribution in [2.75, 3.05) is 38.1 Å². The Labute approximate surface area is 212 Å². The molecule has 1 aliphatic heterocycles. The van der Waals surface area contributed by atoms with Gasteiger partial charge in [0.1, 0.15) is 11.2 Å². The van der Waals surface area contributed by atoms with Gasteiger partial charge < -0.3 is 19.3 Å². The predicted octanol–water partition coefficient (Wildman–Crippen LogP) is 5.80. The molecule has 1 saturated heterocycles. The summed E-state index contributed by atoms with van der Waals surface area (Å²) in [7, 11) is 2.13. The van der Waals surface area contributed by atoms with Crippen LogP contribution in [0.4, 0.5) is 5.69 Å². The minimum absolute atomic E-state index is 0.256. The number of esters is 2. The highest BCUT2D eigenvalue weighted by Crippen LogP contribution is 2.20. The van der Waals surface area contributed by atoms with Crippen molar-refractivity contribution in [1.82, 2.24) is 4.90 Å². The molecular weight excluding hydrogens is 496 g/mol. The molecule has 0 N–H and O–H groups in total. The third-order valence-corrected chi connectivity index (χ3v) is 5.30. The van der Waals surface area contributed by atoms with Gasteiger partial charge in [0.05, 0.1) is 11.1 Å². The van der Waals surface area contributed by atoms with Crippen LogP contribution in [0.3, 0.4) is 0 Å². The van der Waals surface area contributed by atoms with Crippen molar-refractivity contribution in [3.63, 3.8) is 0 Å². The fourth-order valence-corrected chi connectivity index (χ4v) is 3.58. The van der Waals surface area contributed by atoms with Crippen LogP contribution in [0.5, 0.6) is 0 Å². The molecule has 3 rings (SSSR count). The van der Waals surface area contributed by atoms with Gasteiger partial charge in [0.2, 0.25) is 0 Å². The number of piperazine rings is 1. The number of benzene rings is 2. The van der Waals surface area contributed by atoms with Crippen LogP contribution in [0.25, 0.3) is 0 Å². The molecule has 0 spiro atoms. The molecule has 1 fully saturated rings. The molecule has 0 unspecified atom stereocenters. The minimum Gasteiger partial charge on any atom is -0.456 e. The molecule has 6 nitrogen and oxygen atoms in total. The van der Waals surface area contributed by atoms with Gasteiger partial charge in [0, 0.05) is 36.3 Å². The number of likely N-dealkylation sites (N-methyl/N-ethyl adjacent to an activating group) is 1. The first-order chi connectivity index (χ1) is 15.7. The summed E-state index contributed by atoms with van der Waals surface area (Å²) in [4.78, 5) is 28.3. The van der Waals surface area contributed by atoms with Crippen molar-refractivity contribution in [3.8, 4) is 0 Å². The number of ether oxygens (including phenoxy) is 2. The molecule has 0 amide bonds. The first-order valence-corrected chi connectivity index (χ1v) is 12.3. The van der Waals surface area contributed by atoms with Crippen LogP contribution in [-0.4, -0.2) is 61.3 Å². The smallest absolute Gasteiger partial charge is 0.338 e. The second-order valence-electron chi connectivity index (χ2n) is 10.4. The Kier molecular flexibility index (Phi) is 9.71. The van der Waals surface area contributed by atoms with E-state index in [1.165, 1.54) is 0 Å². The van der Waals surface area contributed by atoms with Crippen molar-refractivity contribution in [2.45, 2.75) is 52.7 Å². The van der Waals surface area contributed by atoms with Crippen LogP contribution in [-0.2, 0) is 9.47 Å². The van der Waals surface area contributed by atoms with E-state index >= 15 is 0 Å². The first kappa shape index (κ1) is 27.9. The quantitative estimate of drug-likeness (QED) is 0.465. The van der Waals surface area contributed by atoms with E-state index in [0.717, 1.165) is 36.3 Å². The molecule has 0 atom stereocenters. The summed E-state index contributed by atoms with van der Waals surface area (Å²) in [5, 5.41) is 0. The lowest BCUT2D eigenvalue weighted by molar-refractivity contribution is 0.00570. The average Bonchev–Trinajstić information content (AvgIpc) is 2.72. The first-order valence-electron chi connectivity index (χ1n) is 11.5. The number of anilines is 1. The van der Waals surface area contributed by atoms with Crippen LogP contribution >= 0.6 is 15.9 Å². The van der Waals surface area contributed by atoms with E-state index in [4.69, 9.17) is 9.47 Å². The standard InChI is InChI=1S/C16H24N2O2.C11H13BrO2/c1-16(2,3)20-15(19)13-6-5-7-14(12-13)18-10-8-17(4)9-11-18;1-11(2,3)14-10(13)8-5-4-6-9(12)7-8/h5-7,12H,8-11H2,1-4H3;4-7H,1-3H3. The second kappa shape index (κ2) is 11.8. The maximum absolute atomic E-state index is 12.1. The SMILES string of the molecule is CC(C)(C)OC(=O)c1cccc(Br)c1.CN1CCN(c2cccc(C(=O)OC(C)(C)C)c2)CC1. The lowest BCUT2D eigenvalue weighted by Crippen LogP contribution is -2.44. The monoisotopic (exact) mass is 532 g/mol. The summed E-state index contributed by atoms with van der Waals surface area (Å²) >= 11 is 3.30. The topological polar surface area (TPSA) is 59.1 Å². The van der Waals surface area contributed by atoms with E-state index in [1.54, 1.807) is 12.1 Å². The molecule has 1 heterocycles. The van der Waals surface area contributed by atoms with Crippen LogP contribution in [0, 0.1) is 0 Å². The number of carbonyl (C=O) groups excluding carboxylic acids is 2. The second-order valence-corrected chi connectivity index (χ2v) is 11.3. The highest BCUT2D eigenvalue weighted by atomic mass is 79.9. The van der Waals surface area contributed by atoms with E-state index < -0.39 is 11.2 Å². The Morgan fingerprint density at radius 2 is 1.24 bits per heavy atom. The van der Waals surface area contributed by atoms with Crippen molar-refractivity contribution in [3.05, 3.63) is 64.1 Å². The maximum Gasteiger partial charge on any atom is 0.338 e. The lowest BCUT2D eigenvalue weighted by Gasteiger charge is -2.34. The van der Waals surface area contributed by atoms with E-state index in [-0.39, 0.29) is 11.9 Å². The summed E-state index contributed by atoms with van der Waals surface area (Å²) < 4.78 is 11.5. The van der Waals surface area contributed by atoms with Gasteiger partial charge in [-0.3, -0.25) is 0 Å². The summed E-state index contributed by atoms with van der Waals surface area (Å²) in [6.45, 7) is 15.3. The summed E-state index contributed by atoms with van der Waals surface area (Å²) in [5.41, 5.74) is 1.38. The molecule has 0 saturated carbocycles. The molecule has 186 valence electrons. The molecule has 2 aromatic rings.